The number of carbonyl (C=O) groups is 2. The van der Waals surface area contributed by atoms with Crippen LogP contribution in [0.3, 0.4) is 0 Å². The van der Waals surface area contributed by atoms with Crippen LogP contribution in [0.25, 0.3) is 0 Å². The Bertz CT molecular complexity index is 479. The third-order valence-corrected chi connectivity index (χ3v) is 3.63. The SMILES string of the molecule is CC1CCN(C(=O)C(=O)NCc2ccc(F)cc2)CC1. The second-order valence-electron chi connectivity index (χ2n) is 5.28. The van der Waals surface area contributed by atoms with Gasteiger partial charge in [0.2, 0.25) is 0 Å². The molecule has 20 heavy (non-hydrogen) atoms. The number of halogens is 1. The highest BCUT2D eigenvalue weighted by Crippen LogP contribution is 2.15. The number of amides is 2. The molecule has 1 N–H and O–H groups in total. The van der Waals surface area contributed by atoms with Gasteiger partial charge in [-0.2, -0.15) is 0 Å². The number of benzene rings is 1. The largest absolute Gasteiger partial charge is 0.344 e. The van der Waals surface area contributed by atoms with E-state index in [4.69, 9.17) is 0 Å². The molecule has 5 heteroatoms. The fourth-order valence-electron chi connectivity index (χ4n) is 2.22. The van der Waals surface area contributed by atoms with Crippen LogP contribution in [0, 0.1) is 11.7 Å². The Balaban J connectivity index is 1.82. The lowest BCUT2D eigenvalue weighted by Crippen LogP contribution is -2.46. The summed E-state index contributed by atoms with van der Waals surface area (Å²) in [6.45, 7) is 3.67. The molecule has 108 valence electrons. The molecule has 0 saturated carbocycles. The standard InChI is InChI=1S/C15H19FN2O2/c1-11-6-8-18(9-7-11)15(20)14(19)17-10-12-2-4-13(16)5-3-12/h2-5,11H,6-10H2,1H3,(H,17,19). The minimum absolute atomic E-state index is 0.231. The van der Waals surface area contributed by atoms with E-state index in [-0.39, 0.29) is 12.4 Å². The maximum absolute atomic E-state index is 12.7. The number of hydrogen-bond acceptors (Lipinski definition) is 2. The molecule has 4 nitrogen and oxygen atoms in total. The molecule has 1 aliphatic heterocycles. The van der Waals surface area contributed by atoms with Crippen LogP contribution in [0.4, 0.5) is 4.39 Å². The van der Waals surface area contributed by atoms with Crippen LogP contribution >= 0.6 is 0 Å². The fourth-order valence-corrected chi connectivity index (χ4v) is 2.22. The Morgan fingerprint density at radius 2 is 1.85 bits per heavy atom. The summed E-state index contributed by atoms with van der Waals surface area (Å²) < 4.78 is 12.7. The van der Waals surface area contributed by atoms with Crippen molar-refractivity contribution in [2.24, 2.45) is 5.92 Å². The average Bonchev–Trinajstić information content (AvgIpc) is 2.46. The molecule has 1 aromatic carbocycles. The summed E-state index contributed by atoms with van der Waals surface area (Å²) in [6.07, 6.45) is 1.88. The van der Waals surface area contributed by atoms with Gasteiger partial charge in [-0.15, -0.1) is 0 Å². The Morgan fingerprint density at radius 1 is 1.25 bits per heavy atom. The summed E-state index contributed by atoms with van der Waals surface area (Å²) in [6, 6.07) is 5.83. The number of hydrogen-bond donors (Lipinski definition) is 1. The van der Waals surface area contributed by atoms with E-state index >= 15 is 0 Å². The number of piperidine rings is 1. The Kier molecular flexibility index (Phi) is 4.71. The third kappa shape index (κ3) is 3.79. The zero-order valence-corrected chi connectivity index (χ0v) is 11.6. The van der Waals surface area contributed by atoms with E-state index in [9.17, 15) is 14.0 Å². The lowest BCUT2D eigenvalue weighted by Gasteiger charge is -2.29. The van der Waals surface area contributed by atoms with Crippen molar-refractivity contribution in [3.63, 3.8) is 0 Å². The van der Waals surface area contributed by atoms with E-state index < -0.39 is 11.8 Å². The van der Waals surface area contributed by atoms with E-state index in [0.29, 0.717) is 19.0 Å². The monoisotopic (exact) mass is 278 g/mol. The zero-order valence-electron chi connectivity index (χ0n) is 11.6. The fraction of sp³-hybridized carbons (Fsp3) is 0.467. The number of nitrogens with one attached hydrogen (secondary N) is 1. The van der Waals surface area contributed by atoms with Crippen molar-refractivity contribution < 1.29 is 14.0 Å². The maximum Gasteiger partial charge on any atom is 0.311 e. The minimum atomic E-state index is -0.594. The van der Waals surface area contributed by atoms with Crippen molar-refractivity contribution in [3.8, 4) is 0 Å². The Hall–Kier alpha value is -1.91. The molecule has 1 aliphatic rings. The highest BCUT2D eigenvalue weighted by atomic mass is 19.1. The van der Waals surface area contributed by atoms with E-state index in [2.05, 4.69) is 12.2 Å². The van der Waals surface area contributed by atoms with Crippen molar-refractivity contribution in [2.45, 2.75) is 26.3 Å². The lowest BCUT2D eigenvalue weighted by molar-refractivity contribution is -0.146. The molecule has 0 aliphatic carbocycles. The average molecular weight is 278 g/mol. The molecule has 1 saturated heterocycles. The first kappa shape index (κ1) is 14.5. The first-order valence-electron chi connectivity index (χ1n) is 6.88. The van der Waals surface area contributed by atoms with Crippen LogP contribution in [0.15, 0.2) is 24.3 Å². The highest BCUT2D eigenvalue weighted by molar-refractivity contribution is 6.34. The molecule has 2 rings (SSSR count). The molecule has 0 bridgehead atoms. The van der Waals surface area contributed by atoms with Crippen molar-refractivity contribution in [1.29, 1.82) is 0 Å². The van der Waals surface area contributed by atoms with Crippen LogP contribution < -0.4 is 5.32 Å². The van der Waals surface area contributed by atoms with Gasteiger partial charge < -0.3 is 10.2 Å². The van der Waals surface area contributed by atoms with E-state index in [1.165, 1.54) is 12.1 Å². The van der Waals surface area contributed by atoms with Crippen molar-refractivity contribution in [1.82, 2.24) is 10.2 Å². The first-order valence-corrected chi connectivity index (χ1v) is 6.88. The van der Waals surface area contributed by atoms with Gasteiger partial charge in [-0.3, -0.25) is 9.59 Å². The summed E-state index contributed by atoms with van der Waals surface area (Å²) in [5.74, 6) is -0.775. The number of likely N-dealkylation sites (tertiary alicyclic amines) is 1. The van der Waals surface area contributed by atoms with Gasteiger partial charge in [0, 0.05) is 19.6 Å². The number of nitrogens with zero attached hydrogens (tertiary/aromatic N) is 1. The summed E-state index contributed by atoms with van der Waals surface area (Å²) in [4.78, 5) is 25.3. The predicted molar refractivity (Wildman–Crippen MR) is 73.2 cm³/mol. The molecule has 1 aromatic rings. The van der Waals surface area contributed by atoms with Crippen molar-refractivity contribution in [2.75, 3.05) is 13.1 Å². The maximum atomic E-state index is 12.7. The topological polar surface area (TPSA) is 49.4 Å². The molecule has 2 amide bonds. The molecule has 1 fully saturated rings. The molecule has 0 atom stereocenters. The highest BCUT2D eigenvalue weighted by Gasteiger charge is 2.25. The quantitative estimate of drug-likeness (QED) is 0.837. The summed E-state index contributed by atoms with van der Waals surface area (Å²) >= 11 is 0. The zero-order chi connectivity index (χ0) is 14.5. The molecular formula is C15H19FN2O2. The second-order valence-corrected chi connectivity index (χ2v) is 5.28. The predicted octanol–water partition coefficient (Wildman–Crippen LogP) is 1.70. The van der Waals surface area contributed by atoms with Gasteiger partial charge in [0.05, 0.1) is 0 Å². The van der Waals surface area contributed by atoms with Crippen LogP contribution in [0.5, 0.6) is 0 Å². The smallest absolute Gasteiger partial charge is 0.311 e. The van der Waals surface area contributed by atoms with E-state index in [1.54, 1.807) is 17.0 Å². The van der Waals surface area contributed by atoms with Crippen LogP contribution in [0.1, 0.15) is 25.3 Å². The minimum Gasteiger partial charge on any atom is -0.344 e. The van der Waals surface area contributed by atoms with Gasteiger partial charge in [-0.1, -0.05) is 19.1 Å². The van der Waals surface area contributed by atoms with Gasteiger partial charge in [-0.25, -0.2) is 4.39 Å². The van der Waals surface area contributed by atoms with Crippen molar-refractivity contribution in [3.05, 3.63) is 35.6 Å². The molecule has 1 heterocycles. The summed E-state index contributed by atoms with van der Waals surface area (Å²) in [7, 11) is 0. The molecule has 0 radical (unpaired) electrons. The summed E-state index contributed by atoms with van der Waals surface area (Å²) in [5, 5.41) is 2.57. The number of carbonyl (C=O) groups excluding carboxylic acids is 2. The van der Waals surface area contributed by atoms with Gasteiger partial charge in [0.1, 0.15) is 5.82 Å². The number of rotatable bonds is 2. The van der Waals surface area contributed by atoms with Crippen LogP contribution in [-0.4, -0.2) is 29.8 Å². The normalized spacial score (nSPS) is 16.0. The van der Waals surface area contributed by atoms with Gasteiger partial charge in [-0.05, 0) is 36.5 Å². The molecule has 0 spiro atoms. The molecule has 0 aromatic heterocycles. The van der Waals surface area contributed by atoms with Crippen molar-refractivity contribution >= 4 is 11.8 Å². The van der Waals surface area contributed by atoms with Gasteiger partial charge in [0.25, 0.3) is 0 Å². The first-order chi connectivity index (χ1) is 9.56. The van der Waals surface area contributed by atoms with E-state index in [1.807, 2.05) is 0 Å². The van der Waals surface area contributed by atoms with Gasteiger partial charge >= 0.3 is 11.8 Å². The summed E-state index contributed by atoms with van der Waals surface area (Å²) in [5.41, 5.74) is 0.764. The molecular weight excluding hydrogens is 259 g/mol. The second kappa shape index (κ2) is 6.50. The van der Waals surface area contributed by atoms with Crippen LogP contribution in [-0.2, 0) is 16.1 Å². The Labute approximate surface area is 118 Å². The Morgan fingerprint density at radius 3 is 2.45 bits per heavy atom. The van der Waals surface area contributed by atoms with Crippen LogP contribution in [0.2, 0.25) is 0 Å². The van der Waals surface area contributed by atoms with E-state index in [0.717, 1.165) is 18.4 Å². The molecule has 0 unspecified atom stereocenters. The van der Waals surface area contributed by atoms with Gasteiger partial charge in [0.15, 0.2) is 0 Å². The third-order valence-electron chi connectivity index (χ3n) is 3.63. The lowest BCUT2D eigenvalue weighted by atomic mass is 9.99.